The normalized spacial score (nSPS) is 12.6. The van der Waals surface area contributed by atoms with E-state index < -0.39 is 22.7 Å². The number of amides is 3. The number of aromatic nitrogens is 2. The first-order valence-corrected chi connectivity index (χ1v) is 10.3. The number of carbonyl (C=O) groups excluding carboxylic acids is 2. The van der Waals surface area contributed by atoms with Gasteiger partial charge in [0.05, 0.1) is 29.3 Å². The molecule has 2 aromatic rings. The van der Waals surface area contributed by atoms with Crippen molar-refractivity contribution < 1.29 is 14.3 Å². The van der Waals surface area contributed by atoms with Crippen molar-refractivity contribution in [3.05, 3.63) is 33.6 Å². The lowest BCUT2D eigenvalue weighted by atomic mass is 10.1. The van der Waals surface area contributed by atoms with Crippen molar-refractivity contribution in [2.45, 2.75) is 50.2 Å². The monoisotopic (exact) mass is 440 g/mol. The Labute approximate surface area is 178 Å². The summed E-state index contributed by atoms with van der Waals surface area (Å²) in [6.45, 7) is 7.67. The van der Waals surface area contributed by atoms with Crippen LogP contribution in [0.25, 0.3) is 10.9 Å². The molecule has 0 saturated heterocycles. The summed E-state index contributed by atoms with van der Waals surface area (Å²) < 4.78 is 6.55. The second-order valence-corrected chi connectivity index (χ2v) is 9.20. The molecule has 0 aliphatic carbocycles. The summed E-state index contributed by atoms with van der Waals surface area (Å²) in [5.74, 6) is -0.490. The van der Waals surface area contributed by atoms with Crippen LogP contribution in [-0.4, -0.2) is 46.0 Å². The Kier molecular flexibility index (Phi) is 7.67. The molecule has 0 aliphatic heterocycles. The minimum atomic E-state index is -0.668. The number of carbonyl (C=O) groups is 2. The number of fused-ring (bicyclic) bond motifs is 1. The molecule has 2 rings (SSSR count). The Bertz CT molecular complexity index is 971. The second kappa shape index (κ2) is 9.60. The molecular weight excluding hydrogens is 416 g/mol. The Morgan fingerprint density at radius 3 is 2.66 bits per heavy atom. The highest BCUT2D eigenvalue weighted by Gasteiger charge is 2.22. The van der Waals surface area contributed by atoms with E-state index in [-0.39, 0.29) is 12.1 Å². The van der Waals surface area contributed by atoms with E-state index in [0.29, 0.717) is 27.7 Å². The zero-order valence-electron chi connectivity index (χ0n) is 17.0. The van der Waals surface area contributed by atoms with Gasteiger partial charge in [0.2, 0.25) is 5.91 Å². The molecule has 1 aromatic carbocycles. The number of nitrogens with one attached hydrogen (secondary N) is 2. The van der Waals surface area contributed by atoms with Crippen molar-refractivity contribution in [1.82, 2.24) is 20.2 Å². The van der Waals surface area contributed by atoms with Crippen LogP contribution in [0.15, 0.2) is 28.2 Å². The molecule has 0 saturated carbocycles. The van der Waals surface area contributed by atoms with Crippen LogP contribution in [0, 0.1) is 0 Å². The molecule has 8 nitrogen and oxygen atoms in total. The number of urea groups is 1. The zero-order valence-corrected chi connectivity index (χ0v) is 18.6. The molecule has 158 valence electrons. The molecule has 29 heavy (non-hydrogen) atoms. The van der Waals surface area contributed by atoms with E-state index in [2.05, 4.69) is 15.6 Å². The third-order valence-corrected chi connectivity index (χ3v) is 5.10. The third-order valence-electron chi connectivity index (χ3n) is 3.78. The van der Waals surface area contributed by atoms with Gasteiger partial charge in [-0.15, -0.1) is 0 Å². The highest BCUT2D eigenvalue weighted by atomic mass is 35.5. The number of benzene rings is 1. The number of thioether (sulfide) groups is 1. The largest absolute Gasteiger partial charge is 0.383 e. The van der Waals surface area contributed by atoms with Gasteiger partial charge < -0.3 is 10.1 Å². The lowest BCUT2D eigenvalue weighted by Gasteiger charge is -2.21. The van der Waals surface area contributed by atoms with Crippen LogP contribution in [0.4, 0.5) is 4.79 Å². The SMILES string of the molecule is COCCn1c(SC(C)C(=O)NC(=O)NC(C)(C)C)nc2cc(Cl)ccc2c1=O. The minimum absolute atomic E-state index is 0.246. The Balaban J connectivity index is 2.29. The fourth-order valence-corrected chi connectivity index (χ4v) is 3.54. The van der Waals surface area contributed by atoms with Gasteiger partial charge in [-0.05, 0) is 45.9 Å². The molecule has 2 N–H and O–H groups in total. The van der Waals surface area contributed by atoms with Gasteiger partial charge in [-0.2, -0.15) is 0 Å². The van der Waals surface area contributed by atoms with Gasteiger partial charge in [0.1, 0.15) is 0 Å². The van der Waals surface area contributed by atoms with Crippen LogP contribution in [0.2, 0.25) is 5.02 Å². The quantitative estimate of drug-likeness (QED) is 0.529. The molecule has 0 bridgehead atoms. The van der Waals surface area contributed by atoms with Crippen LogP contribution in [0.5, 0.6) is 0 Å². The van der Waals surface area contributed by atoms with Crippen molar-refractivity contribution in [3.8, 4) is 0 Å². The lowest BCUT2D eigenvalue weighted by Crippen LogP contribution is -2.49. The number of halogens is 1. The van der Waals surface area contributed by atoms with Crippen LogP contribution in [0.3, 0.4) is 0 Å². The number of nitrogens with zero attached hydrogens (tertiary/aromatic N) is 2. The third kappa shape index (κ3) is 6.45. The average molecular weight is 441 g/mol. The number of hydrogen-bond acceptors (Lipinski definition) is 6. The smallest absolute Gasteiger partial charge is 0.321 e. The van der Waals surface area contributed by atoms with Crippen LogP contribution in [-0.2, 0) is 16.1 Å². The van der Waals surface area contributed by atoms with E-state index in [1.54, 1.807) is 25.1 Å². The molecule has 3 amide bonds. The first-order chi connectivity index (χ1) is 13.5. The van der Waals surface area contributed by atoms with Crippen molar-refractivity contribution in [3.63, 3.8) is 0 Å². The summed E-state index contributed by atoms with van der Waals surface area (Å²) in [7, 11) is 1.54. The fraction of sp³-hybridized carbons (Fsp3) is 0.474. The molecule has 1 atom stereocenters. The maximum atomic E-state index is 12.9. The Morgan fingerprint density at radius 1 is 1.34 bits per heavy atom. The molecule has 0 radical (unpaired) electrons. The first-order valence-electron chi connectivity index (χ1n) is 9.00. The minimum Gasteiger partial charge on any atom is -0.383 e. The van der Waals surface area contributed by atoms with Gasteiger partial charge in [-0.25, -0.2) is 9.78 Å². The maximum absolute atomic E-state index is 12.9. The van der Waals surface area contributed by atoms with Gasteiger partial charge in [0.25, 0.3) is 5.56 Å². The number of hydrogen-bond donors (Lipinski definition) is 2. The van der Waals surface area contributed by atoms with Crippen molar-refractivity contribution in [2.75, 3.05) is 13.7 Å². The fourth-order valence-electron chi connectivity index (χ4n) is 2.44. The summed E-state index contributed by atoms with van der Waals surface area (Å²) in [6, 6.07) is 4.28. The molecule has 1 aromatic heterocycles. The van der Waals surface area contributed by atoms with Crippen LogP contribution < -0.4 is 16.2 Å². The summed E-state index contributed by atoms with van der Waals surface area (Å²) >= 11 is 7.11. The van der Waals surface area contributed by atoms with Gasteiger partial charge >= 0.3 is 6.03 Å². The maximum Gasteiger partial charge on any atom is 0.321 e. The predicted molar refractivity (Wildman–Crippen MR) is 115 cm³/mol. The zero-order chi connectivity index (χ0) is 21.8. The van der Waals surface area contributed by atoms with Crippen LogP contribution >= 0.6 is 23.4 Å². The van der Waals surface area contributed by atoms with E-state index in [9.17, 15) is 14.4 Å². The van der Waals surface area contributed by atoms with Crippen LogP contribution in [0.1, 0.15) is 27.7 Å². The predicted octanol–water partition coefficient (Wildman–Crippen LogP) is 2.80. The standard InChI is InChI=1S/C19H25ClN4O4S/c1-11(15(25)22-17(27)23-19(2,3)4)29-18-21-14-10-12(20)6-7-13(14)16(26)24(18)8-9-28-5/h6-7,10-11H,8-9H2,1-5H3,(H2,22,23,25,27). The molecule has 0 aliphatic rings. The number of methoxy groups -OCH3 is 1. The van der Waals surface area contributed by atoms with Gasteiger partial charge in [-0.3, -0.25) is 19.5 Å². The molecular formula is C19H25ClN4O4S. The second-order valence-electron chi connectivity index (χ2n) is 7.46. The van der Waals surface area contributed by atoms with Gasteiger partial charge in [0, 0.05) is 17.7 Å². The highest BCUT2D eigenvalue weighted by Crippen LogP contribution is 2.24. The molecule has 10 heteroatoms. The summed E-state index contributed by atoms with van der Waals surface area (Å²) in [4.78, 5) is 41.8. The molecule has 1 heterocycles. The Hall–Kier alpha value is -2.10. The van der Waals surface area contributed by atoms with E-state index in [0.717, 1.165) is 11.8 Å². The summed E-state index contributed by atoms with van der Waals surface area (Å²) in [5.41, 5.74) is -0.276. The molecule has 1 unspecified atom stereocenters. The van der Waals surface area contributed by atoms with Crippen molar-refractivity contribution in [1.29, 1.82) is 0 Å². The topological polar surface area (TPSA) is 102 Å². The average Bonchev–Trinajstić information content (AvgIpc) is 2.59. The van der Waals surface area contributed by atoms with E-state index in [1.165, 1.54) is 11.7 Å². The molecule has 0 fully saturated rings. The number of rotatable bonds is 6. The molecule has 0 spiro atoms. The summed E-state index contributed by atoms with van der Waals surface area (Å²) in [6.07, 6.45) is 0. The van der Waals surface area contributed by atoms with E-state index >= 15 is 0 Å². The van der Waals surface area contributed by atoms with E-state index in [4.69, 9.17) is 16.3 Å². The lowest BCUT2D eigenvalue weighted by molar-refractivity contribution is -0.119. The highest BCUT2D eigenvalue weighted by molar-refractivity contribution is 8.00. The Morgan fingerprint density at radius 2 is 2.03 bits per heavy atom. The van der Waals surface area contributed by atoms with Crippen molar-refractivity contribution >= 4 is 46.2 Å². The van der Waals surface area contributed by atoms with Gasteiger partial charge in [0.15, 0.2) is 5.16 Å². The number of imide groups is 1. The van der Waals surface area contributed by atoms with E-state index in [1.807, 2.05) is 20.8 Å². The van der Waals surface area contributed by atoms with Crippen molar-refractivity contribution in [2.24, 2.45) is 0 Å². The number of ether oxygens (including phenoxy) is 1. The first kappa shape index (κ1) is 23.2. The summed E-state index contributed by atoms with van der Waals surface area (Å²) in [5, 5.41) is 5.54. The van der Waals surface area contributed by atoms with Gasteiger partial charge in [-0.1, -0.05) is 23.4 Å².